The maximum absolute atomic E-state index is 5.31. The van der Waals surface area contributed by atoms with E-state index in [9.17, 15) is 0 Å². The predicted octanol–water partition coefficient (Wildman–Crippen LogP) is 13.2. The first kappa shape index (κ1) is 32.2. The second kappa shape index (κ2) is 12.7. The summed E-state index contributed by atoms with van der Waals surface area (Å²) >= 11 is 1.81. The number of nitrogens with zero attached hydrogens (tertiary/aromatic N) is 4. The van der Waals surface area contributed by atoms with E-state index >= 15 is 0 Å². The van der Waals surface area contributed by atoms with Crippen molar-refractivity contribution in [2.24, 2.45) is 0 Å². The Kier molecular flexibility index (Phi) is 7.19. The summed E-state index contributed by atoms with van der Waals surface area (Å²) in [4.78, 5) is 20.5. The average Bonchev–Trinajstić information content (AvgIpc) is 3.67. The lowest BCUT2D eigenvalue weighted by Gasteiger charge is -2.34. The lowest BCUT2D eigenvalue weighted by Crippen LogP contribution is -2.17. The number of hydrogen-bond donors (Lipinski definition) is 0. The minimum absolute atomic E-state index is 0.327. The molecule has 266 valence electrons. The number of hydrogen-bond acceptors (Lipinski definition) is 5. The average molecular weight is 745 g/mol. The summed E-state index contributed by atoms with van der Waals surface area (Å²) < 4.78 is 2.48. The standard InChI is InChI=1S/C52H32N4S/c1-2-9-36(10-3-1)50-54-51(37-23-17-31(18-24-37)39-29-27-34-20-19-32-11-8-12-33-28-30-40(39)46(34)45(32)33)56-52(55-50)38-25-21-35(22-26-38)47-41-13-4-5-14-42(41)49-48(53-47)43-15-6-7-16-44(43)57-49/h1-19,21-30,45H,20H2. The lowest BCUT2D eigenvalue weighted by atomic mass is 9.70. The van der Waals surface area contributed by atoms with Crippen LogP contribution in [0.15, 0.2) is 181 Å². The summed E-state index contributed by atoms with van der Waals surface area (Å²) in [6.07, 6.45) is 14.7. The number of benzene rings is 6. The minimum atomic E-state index is 0.327. The van der Waals surface area contributed by atoms with Crippen LogP contribution in [0, 0.1) is 0 Å². The van der Waals surface area contributed by atoms with Crippen LogP contribution in [0.1, 0.15) is 22.6 Å². The van der Waals surface area contributed by atoms with Crippen LogP contribution >= 0.6 is 11.3 Å². The fourth-order valence-corrected chi connectivity index (χ4v) is 10.1. The molecule has 1 atom stereocenters. The number of pyridine rings is 1. The number of rotatable bonds is 5. The molecule has 3 aromatic heterocycles. The van der Waals surface area contributed by atoms with Crippen LogP contribution in [-0.4, -0.2) is 19.9 Å². The van der Waals surface area contributed by atoms with Gasteiger partial charge in [0.25, 0.3) is 0 Å². The molecule has 9 aromatic rings. The normalized spacial score (nSPS) is 15.2. The molecular formula is C52H32N4S. The molecule has 5 heteroatoms. The Bertz CT molecular complexity index is 3240. The molecule has 0 saturated carbocycles. The Morgan fingerprint density at radius 2 is 1.12 bits per heavy atom. The van der Waals surface area contributed by atoms with E-state index in [1.165, 1.54) is 59.1 Å². The third-order valence-electron chi connectivity index (χ3n) is 11.7. The molecule has 0 amide bonds. The molecule has 3 heterocycles. The van der Waals surface area contributed by atoms with Gasteiger partial charge in [-0.05, 0) is 51.5 Å². The molecule has 0 saturated heterocycles. The van der Waals surface area contributed by atoms with E-state index in [2.05, 4.69) is 158 Å². The topological polar surface area (TPSA) is 51.6 Å². The van der Waals surface area contributed by atoms with Gasteiger partial charge in [0.1, 0.15) is 0 Å². The fourth-order valence-electron chi connectivity index (χ4n) is 8.90. The minimum Gasteiger partial charge on any atom is -0.246 e. The van der Waals surface area contributed by atoms with Gasteiger partial charge in [0.2, 0.25) is 0 Å². The van der Waals surface area contributed by atoms with Crippen molar-refractivity contribution in [2.75, 3.05) is 0 Å². The van der Waals surface area contributed by atoms with E-state index in [1.807, 2.05) is 29.5 Å². The highest BCUT2D eigenvalue weighted by Crippen LogP contribution is 2.48. The van der Waals surface area contributed by atoms with Crippen molar-refractivity contribution < 1.29 is 0 Å². The van der Waals surface area contributed by atoms with Crippen molar-refractivity contribution in [2.45, 2.75) is 12.3 Å². The zero-order valence-electron chi connectivity index (χ0n) is 30.7. The van der Waals surface area contributed by atoms with E-state index in [0.717, 1.165) is 45.3 Å². The van der Waals surface area contributed by atoms with Crippen LogP contribution in [0.2, 0.25) is 0 Å². The van der Waals surface area contributed by atoms with Crippen molar-refractivity contribution >= 4 is 48.5 Å². The van der Waals surface area contributed by atoms with E-state index in [0.29, 0.717) is 23.4 Å². The quantitative estimate of drug-likeness (QED) is 0.176. The molecular weight excluding hydrogens is 713 g/mol. The molecule has 0 aliphatic heterocycles. The van der Waals surface area contributed by atoms with E-state index in [-0.39, 0.29) is 0 Å². The van der Waals surface area contributed by atoms with Gasteiger partial charge in [-0.15, -0.1) is 11.3 Å². The third kappa shape index (κ3) is 5.20. The zero-order valence-corrected chi connectivity index (χ0v) is 31.5. The molecule has 0 radical (unpaired) electrons. The first-order chi connectivity index (χ1) is 28.2. The van der Waals surface area contributed by atoms with Crippen molar-refractivity contribution in [3.8, 4) is 56.5 Å². The summed E-state index contributed by atoms with van der Waals surface area (Å²) in [5.41, 5.74) is 15.3. The molecule has 0 N–H and O–H groups in total. The summed E-state index contributed by atoms with van der Waals surface area (Å²) in [5, 5.41) is 3.57. The van der Waals surface area contributed by atoms with Gasteiger partial charge < -0.3 is 0 Å². The number of fused-ring (bicyclic) bond motifs is 5. The Labute approximate surface area is 333 Å². The molecule has 4 nitrogen and oxygen atoms in total. The van der Waals surface area contributed by atoms with Crippen molar-refractivity contribution in [1.29, 1.82) is 0 Å². The molecule has 0 fully saturated rings. The van der Waals surface area contributed by atoms with Crippen LogP contribution in [0.3, 0.4) is 0 Å². The Balaban J connectivity index is 0.932. The van der Waals surface area contributed by atoms with Crippen LogP contribution in [0.25, 0.3) is 93.7 Å². The second-order valence-electron chi connectivity index (χ2n) is 14.9. The molecule has 57 heavy (non-hydrogen) atoms. The summed E-state index contributed by atoms with van der Waals surface area (Å²) in [6.45, 7) is 0. The lowest BCUT2D eigenvalue weighted by molar-refractivity contribution is 0.893. The number of aromatic nitrogens is 4. The molecule has 3 aliphatic carbocycles. The van der Waals surface area contributed by atoms with Gasteiger partial charge in [-0.2, -0.15) is 0 Å². The largest absolute Gasteiger partial charge is 0.246 e. The summed E-state index contributed by atoms with van der Waals surface area (Å²) in [5.74, 6) is 2.24. The first-order valence-electron chi connectivity index (χ1n) is 19.4. The third-order valence-corrected chi connectivity index (χ3v) is 12.9. The molecule has 12 rings (SSSR count). The van der Waals surface area contributed by atoms with Gasteiger partial charge >= 0.3 is 0 Å². The van der Waals surface area contributed by atoms with E-state index in [1.54, 1.807) is 0 Å². The Hall–Kier alpha value is -7.08. The monoisotopic (exact) mass is 744 g/mol. The maximum Gasteiger partial charge on any atom is 0.164 e. The van der Waals surface area contributed by atoms with Gasteiger partial charge in [0.05, 0.1) is 15.9 Å². The smallest absolute Gasteiger partial charge is 0.164 e. The highest BCUT2D eigenvalue weighted by Gasteiger charge is 2.31. The number of thiophene rings is 1. The summed E-state index contributed by atoms with van der Waals surface area (Å²) in [7, 11) is 0. The molecule has 0 spiro atoms. The van der Waals surface area contributed by atoms with E-state index in [4.69, 9.17) is 19.9 Å². The highest BCUT2D eigenvalue weighted by molar-refractivity contribution is 7.26. The molecule has 6 aromatic carbocycles. The fraction of sp³-hybridized carbons (Fsp3) is 0.0385. The maximum atomic E-state index is 5.31. The highest BCUT2D eigenvalue weighted by atomic mass is 32.1. The van der Waals surface area contributed by atoms with Gasteiger partial charge in [-0.3, -0.25) is 0 Å². The first-order valence-corrected chi connectivity index (χ1v) is 20.2. The van der Waals surface area contributed by atoms with Gasteiger partial charge in [-0.25, -0.2) is 19.9 Å². The molecule has 1 unspecified atom stereocenters. The van der Waals surface area contributed by atoms with Crippen molar-refractivity contribution in [3.63, 3.8) is 0 Å². The molecule has 3 aliphatic rings. The molecule has 0 bridgehead atoms. The van der Waals surface area contributed by atoms with Crippen LogP contribution in [-0.2, 0) is 6.42 Å². The Morgan fingerprint density at radius 3 is 1.88 bits per heavy atom. The zero-order chi connectivity index (χ0) is 37.5. The second-order valence-corrected chi connectivity index (χ2v) is 16.0. The van der Waals surface area contributed by atoms with E-state index < -0.39 is 0 Å². The van der Waals surface area contributed by atoms with Gasteiger partial charge in [0, 0.05) is 49.0 Å². The van der Waals surface area contributed by atoms with Crippen LogP contribution in [0.5, 0.6) is 0 Å². The number of allylic oxidation sites excluding steroid dienone is 7. The van der Waals surface area contributed by atoms with Gasteiger partial charge in [0.15, 0.2) is 17.5 Å². The Morgan fingerprint density at radius 1 is 0.491 bits per heavy atom. The van der Waals surface area contributed by atoms with Gasteiger partial charge in [-0.1, -0.05) is 170 Å². The predicted molar refractivity (Wildman–Crippen MR) is 236 cm³/mol. The van der Waals surface area contributed by atoms with Crippen LogP contribution < -0.4 is 0 Å². The summed E-state index contributed by atoms with van der Waals surface area (Å²) in [6, 6.07) is 49.1. The van der Waals surface area contributed by atoms with Crippen molar-refractivity contribution in [3.05, 3.63) is 198 Å². The van der Waals surface area contributed by atoms with Crippen LogP contribution in [0.4, 0.5) is 0 Å². The van der Waals surface area contributed by atoms with Crippen molar-refractivity contribution in [1.82, 2.24) is 19.9 Å². The SMILES string of the molecule is C1=CC2=CCc3ccc(-c4ccc(-c5nc(-c6ccccc6)nc(-c6ccc(-c7nc8c9ccccc9sc8c8ccccc78)cc6)n5)cc4)c4c3C2C(=C1)C=C4.